The van der Waals surface area contributed by atoms with E-state index in [4.69, 9.17) is 0 Å². The summed E-state index contributed by atoms with van der Waals surface area (Å²) in [4.78, 5) is 8.68. The topological polar surface area (TPSA) is 25.8 Å². The number of rotatable bonds is 2. The van der Waals surface area contributed by atoms with Crippen molar-refractivity contribution in [2.45, 2.75) is 27.2 Å². The maximum atomic E-state index is 4.34. The number of nitrogens with zero attached hydrogens (tertiary/aromatic N) is 2. The minimum absolute atomic E-state index is 0.752. The highest BCUT2D eigenvalue weighted by molar-refractivity contribution is 5.22. The summed E-state index contributed by atoms with van der Waals surface area (Å²) in [6.07, 6.45) is 2.57. The SMILES string of the molecule is C=CCc1nc(C)c(C)c(C)n1. The summed E-state index contributed by atoms with van der Waals surface area (Å²) >= 11 is 0. The maximum Gasteiger partial charge on any atom is 0.132 e. The molecule has 64 valence electrons. The second-order valence-corrected chi connectivity index (χ2v) is 2.93. The smallest absolute Gasteiger partial charge is 0.132 e. The van der Waals surface area contributed by atoms with Crippen LogP contribution in [0.15, 0.2) is 12.7 Å². The van der Waals surface area contributed by atoms with Gasteiger partial charge in [0.1, 0.15) is 5.82 Å². The van der Waals surface area contributed by atoms with Crippen molar-refractivity contribution in [3.8, 4) is 0 Å². The molecule has 2 heteroatoms. The van der Waals surface area contributed by atoms with Crippen LogP contribution in [0.5, 0.6) is 0 Å². The van der Waals surface area contributed by atoms with Crippen LogP contribution in [0.3, 0.4) is 0 Å². The lowest BCUT2D eigenvalue weighted by molar-refractivity contribution is 0.912. The Balaban J connectivity index is 3.11. The van der Waals surface area contributed by atoms with Gasteiger partial charge in [0, 0.05) is 17.8 Å². The van der Waals surface area contributed by atoms with E-state index < -0.39 is 0 Å². The van der Waals surface area contributed by atoms with Gasteiger partial charge < -0.3 is 0 Å². The summed E-state index contributed by atoms with van der Waals surface area (Å²) in [5, 5.41) is 0. The highest BCUT2D eigenvalue weighted by Gasteiger charge is 2.01. The van der Waals surface area contributed by atoms with E-state index in [1.165, 1.54) is 5.56 Å². The minimum Gasteiger partial charge on any atom is -0.238 e. The first-order valence-corrected chi connectivity index (χ1v) is 4.06. The average Bonchev–Trinajstić information content (AvgIpc) is 2.01. The summed E-state index contributed by atoms with van der Waals surface area (Å²) in [5.74, 6) is 0.866. The van der Waals surface area contributed by atoms with Gasteiger partial charge in [-0.3, -0.25) is 0 Å². The van der Waals surface area contributed by atoms with Gasteiger partial charge in [0.05, 0.1) is 0 Å². The molecule has 0 unspecified atom stereocenters. The summed E-state index contributed by atoms with van der Waals surface area (Å²) in [7, 11) is 0. The van der Waals surface area contributed by atoms with Crippen LogP contribution in [0.25, 0.3) is 0 Å². The molecule has 1 aromatic heterocycles. The third-order valence-electron chi connectivity index (χ3n) is 2.01. The molecule has 0 aromatic carbocycles. The number of hydrogen-bond donors (Lipinski definition) is 0. The molecule has 12 heavy (non-hydrogen) atoms. The molecule has 0 aliphatic carbocycles. The highest BCUT2D eigenvalue weighted by atomic mass is 14.9. The molecule has 1 aromatic rings. The van der Waals surface area contributed by atoms with E-state index in [0.717, 1.165) is 23.6 Å². The highest BCUT2D eigenvalue weighted by Crippen LogP contribution is 2.08. The Hall–Kier alpha value is -1.18. The lowest BCUT2D eigenvalue weighted by atomic mass is 10.2. The average molecular weight is 162 g/mol. The van der Waals surface area contributed by atoms with Crippen LogP contribution in [0.2, 0.25) is 0 Å². The van der Waals surface area contributed by atoms with E-state index in [1.54, 1.807) is 0 Å². The first-order chi connectivity index (χ1) is 5.65. The standard InChI is InChI=1S/C10H14N2/c1-5-6-10-11-8(3)7(2)9(4)12-10/h5H,1,6H2,2-4H3. The van der Waals surface area contributed by atoms with Crippen molar-refractivity contribution in [3.05, 3.63) is 35.4 Å². The van der Waals surface area contributed by atoms with Crippen molar-refractivity contribution in [3.63, 3.8) is 0 Å². The molecule has 0 bridgehead atoms. The molecule has 0 amide bonds. The van der Waals surface area contributed by atoms with Crippen LogP contribution >= 0.6 is 0 Å². The second-order valence-electron chi connectivity index (χ2n) is 2.93. The first-order valence-electron chi connectivity index (χ1n) is 4.06. The third-order valence-corrected chi connectivity index (χ3v) is 2.01. The van der Waals surface area contributed by atoms with Crippen LogP contribution < -0.4 is 0 Å². The van der Waals surface area contributed by atoms with E-state index in [9.17, 15) is 0 Å². The largest absolute Gasteiger partial charge is 0.238 e. The maximum absolute atomic E-state index is 4.34. The summed E-state index contributed by atoms with van der Waals surface area (Å²) in [6.45, 7) is 9.72. The van der Waals surface area contributed by atoms with Crippen molar-refractivity contribution in [1.82, 2.24) is 9.97 Å². The Kier molecular flexibility index (Phi) is 2.58. The zero-order valence-corrected chi connectivity index (χ0v) is 7.89. The van der Waals surface area contributed by atoms with Gasteiger partial charge in [0.2, 0.25) is 0 Å². The lowest BCUT2D eigenvalue weighted by Gasteiger charge is -2.04. The summed E-state index contributed by atoms with van der Waals surface area (Å²) < 4.78 is 0. The van der Waals surface area contributed by atoms with Crippen LogP contribution in [-0.4, -0.2) is 9.97 Å². The fraction of sp³-hybridized carbons (Fsp3) is 0.400. The van der Waals surface area contributed by atoms with Gasteiger partial charge in [-0.05, 0) is 26.3 Å². The van der Waals surface area contributed by atoms with Crippen molar-refractivity contribution < 1.29 is 0 Å². The molecular formula is C10H14N2. The van der Waals surface area contributed by atoms with Gasteiger partial charge in [-0.25, -0.2) is 9.97 Å². The van der Waals surface area contributed by atoms with Crippen molar-refractivity contribution in [2.75, 3.05) is 0 Å². The van der Waals surface area contributed by atoms with Gasteiger partial charge in [0.15, 0.2) is 0 Å². The normalized spacial score (nSPS) is 9.92. The van der Waals surface area contributed by atoms with E-state index in [2.05, 4.69) is 16.5 Å². The quantitative estimate of drug-likeness (QED) is 0.622. The van der Waals surface area contributed by atoms with Gasteiger partial charge in [-0.15, -0.1) is 6.58 Å². The van der Waals surface area contributed by atoms with Crippen LogP contribution in [-0.2, 0) is 6.42 Å². The number of hydrogen-bond acceptors (Lipinski definition) is 2. The minimum atomic E-state index is 0.752. The zero-order valence-electron chi connectivity index (χ0n) is 7.89. The molecule has 0 N–H and O–H groups in total. The number of allylic oxidation sites excluding steroid dienone is 1. The Bertz CT molecular complexity index is 280. The van der Waals surface area contributed by atoms with E-state index in [1.807, 2.05) is 26.8 Å². The summed E-state index contributed by atoms with van der Waals surface area (Å²) in [6, 6.07) is 0. The molecule has 1 heterocycles. The number of aromatic nitrogens is 2. The Morgan fingerprint density at radius 1 is 1.17 bits per heavy atom. The van der Waals surface area contributed by atoms with Gasteiger partial charge in [0.25, 0.3) is 0 Å². The Labute approximate surface area is 73.4 Å². The molecule has 0 fully saturated rings. The Morgan fingerprint density at radius 2 is 1.67 bits per heavy atom. The summed E-state index contributed by atoms with van der Waals surface area (Å²) in [5.41, 5.74) is 3.32. The van der Waals surface area contributed by atoms with Gasteiger partial charge in [-0.2, -0.15) is 0 Å². The van der Waals surface area contributed by atoms with E-state index in [-0.39, 0.29) is 0 Å². The fourth-order valence-electron chi connectivity index (χ4n) is 1.06. The molecule has 0 spiro atoms. The molecule has 0 saturated carbocycles. The molecule has 0 saturated heterocycles. The van der Waals surface area contributed by atoms with Crippen molar-refractivity contribution >= 4 is 0 Å². The lowest BCUT2D eigenvalue weighted by Crippen LogP contribution is -2.01. The number of aryl methyl sites for hydroxylation is 2. The molecular weight excluding hydrogens is 148 g/mol. The molecule has 0 aliphatic heterocycles. The molecule has 1 rings (SSSR count). The molecule has 0 atom stereocenters. The fourth-order valence-corrected chi connectivity index (χ4v) is 1.06. The van der Waals surface area contributed by atoms with Crippen LogP contribution in [0.1, 0.15) is 22.8 Å². The molecule has 0 radical (unpaired) electrons. The second kappa shape index (κ2) is 3.48. The Morgan fingerprint density at radius 3 is 2.08 bits per heavy atom. The van der Waals surface area contributed by atoms with Crippen LogP contribution in [0, 0.1) is 20.8 Å². The monoisotopic (exact) mass is 162 g/mol. The van der Waals surface area contributed by atoms with E-state index >= 15 is 0 Å². The van der Waals surface area contributed by atoms with Gasteiger partial charge in [-0.1, -0.05) is 6.08 Å². The predicted octanol–water partition coefficient (Wildman–Crippen LogP) is 2.13. The van der Waals surface area contributed by atoms with Crippen molar-refractivity contribution in [1.29, 1.82) is 0 Å². The van der Waals surface area contributed by atoms with Crippen molar-refractivity contribution in [2.24, 2.45) is 0 Å². The first kappa shape index (κ1) is 8.91. The predicted molar refractivity (Wildman–Crippen MR) is 50.1 cm³/mol. The third kappa shape index (κ3) is 1.70. The van der Waals surface area contributed by atoms with E-state index in [0.29, 0.717) is 0 Å². The van der Waals surface area contributed by atoms with Crippen LogP contribution in [0.4, 0.5) is 0 Å². The zero-order chi connectivity index (χ0) is 9.14. The van der Waals surface area contributed by atoms with Gasteiger partial charge >= 0.3 is 0 Å². The molecule has 2 nitrogen and oxygen atoms in total. The molecule has 0 aliphatic rings.